The second-order valence-electron chi connectivity index (χ2n) is 9.24. The molecule has 0 saturated heterocycles. The van der Waals surface area contributed by atoms with Gasteiger partial charge in [-0.15, -0.1) is 0 Å². The molecule has 0 fully saturated rings. The van der Waals surface area contributed by atoms with Gasteiger partial charge in [-0.2, -0.15) is 5.10 Å². The third-order valence-corrected chi connectivity index (χ3v) is 6.57. The lowest BCUT2D eigenvalue weighted by molar-refractivity contribution is -0.120. The molecular weight excluding hydrogens is 480 g/mol. The van der Waals surface area contributed by atoms with E-state index in [-0.39, 0.29) is 18.3 Å². The molecule has 5 aromatic rings. The maximum absolute atomic E-state index is 13.4. The van der Waals surface area contributed by atoms with E-state index in [9.17, 15) is 9.59 Å². The van der Waals surface area contributed by atoms with Crippen molar-refractivity contribution in [2.45, 2.75) is 19.0 Å². The minimum absolute atomic E-state index is 0.0752. The summed E-state index contributed by atoms with van der Waals surface area (Å²) in [6.45, 7) is 0.245. The molecule has 2 aromatic carbocycles. The molecule has 38 heavy (non-hydrogen) atoms. The van der Waals surface area contributed by atoms with E-state index >= 15 is 0 Å². The monoisotopic (exact) mass is 504 g/mol. The van der Waals surface area contributed by atoms with Gasteiger partial charge in [0.05, 0.1) is 41.3 Å². The highest BCUT2D eigenvalue weighted by atomic mass is 16.4. The average Bonchev–Trinajstić information content (AvgIpc) is 3.64. The van der Waals surface area contributed by atoms with Gasteiger partial charge in [-0.05, 0) is 11.6 Å². The molecule has 9 heteroatoms. The predicted molar refractivity (Wildman–Crippen MR) is 142 cm³/mol. The molecule has 1 atom stereocenters. The number of rotatable bonds is 4. The molecule has 9 nitrogen and oxygen atoms in total. The highest BCUT2D eigenvalue weighted by Crippen LogP contribution is 2.33. The fourth-order valence-electron chi connectivity index (χ4n) is 4.73. The van der Waals surface area contributed by atoms with Crippen LogP contribution in [-0.2, 0) is 24.8 Å². The molecule has 0 spiro atoms. The predicted octanol–water partition coefficient (Wildman–Crippen LogP) is 3.13. The zero-order valence-electron chi connectivity index (χ0n) is 20.9. The fourth-order valence-corrected chi connectivity index (χ4v) is 4.73. The molecule has 1 N–H and O–H groups in total. The first-order chi connectivity index (χ1) is 18.5. The van der Waals surface area contributed by atoms with Crippen molar-refractivity contribution in [3.63, 3.8) is 0 Å². The van der Waals surface area contributed by atoms with Gasteiger partial charge in [0.1, 0.15) is 11.8 Å². The number of aromatic nitrogens is 4. The summed E-state index contributed by atoms with van der Waals surface area (Å²) in [5, 5.41) is 7.92. The van der Waals surface area contributed by atoms with Crippen molar-refractivity contribution in [1.82, 2.24) is 24.6 Å². The van der Waals surface area contributed by atoms with Crippen LogP contribution in [0.25, 0.3) is 10.9 Å². The van der Waals surface area contributed by atoms with Gasteiger partial charge in [0, 0.05) is 38.3 Å². The Morgan fingerprint density at radius 1 is 1.08 bits per heavy atom. The van der Waals surface area contributed by atoms with E-state index in [0.717, 1.165) is 33.3 Å². The van der Waals surface area contributed by atoms with Crippen LogP contribution in [0.5, 0.6) is 0 Å². The molecule has 0 bridgehead atoms. The summed E-state index contributed by atoms with van der Waals surface area (Å²) in [5.41, 5.74) is 4.33. The summed E-state index contributed by atoms with van der Waals surface area (Å²) in [4.78, 5) is 32.1. The molecule has 3 aromatic heterocycles. The third kappa shape index (κ3) is 4.33. The topological polar surface area (TPSA) is 98.2 Å². The normalized spacial score (nSPS) is 14.7. The molecule has 1 aliphatic rings. The van der Waals surface area contributed by atoms with Crippen LogP contribution < -0.4 is 10.2 Å². The number of oxazole rings is 1. The van der Waals surface area contributed by atoms with E-state index in [4.69, 9.17) is 4.42 Å². The van der Waals surface area contributed by atoms with Gasteiger partial charge >= 0.3 is 5.91 Å². The second kappa shape index (κ2) is 9.41. The SMILES string of the molecule is CN1C(=O)[C@@H](NC(=O)c2ncc(Cc3ccccc3)o2)Cn2cc(C#Cc3cnn(C)c3)c3cccc1c32. The van der Waals surface area contributed by atoms with Crippen molar-refractivity contribution in [3.8, 4) is 11.8 Å². The molecule has 0 aliphatic carbocycles. The van der Waals surface area contributed by atoms with Crippen LogP contribution in [0.2, 0.25) is 0 Å². The first-order valence-corrected chi connectivity index (χ1v) is 12.2. The lowest BCUT2D eigenvalue weighted by Gasteiger charge is -2.21. The van der Waals surface area contributed by atoms with Gasteiger partial charge in [-0.1, -0.05) is 54.3 Å². The van der Waals surface area contributed by atoms with Crippen molar-refractivity contribution in [3.05, 3.63) is 102 Å². The Balaban J connectivity index is 1.27. The van der Waals surface area contributed by atoms with Crippen LogP contribution in [-0.4, -0.2) is 44.2 Å². The molecule has 1 aliphatic heterocycles. The number of anilines is 1. The van der Waals surface area contributed by atoms with Crippen molar-refractivity contribution >= 4 is 28.4 Å². The van der Waals surface area contributed by atoms with Gasteiger partial charge in [-0.25, -0.2) is 4.98 Å². The molecule has 6 rings (SSSR count). The number of para-hydroxylation sites is 1. The van der Waals surface area contributed by atoms with Crippen LogP contribution in [0.15, 0.2) is 77.7 Å². The molecule has 0 unspecified atom stereocenters. The fraction of sp³-hybridized carbons (Fsp3) is 0.172. The van der Waals surface area contributed by atoms with Crippen molar-refractivity contribution < 1.29 is 14.0 Å². The van der Waals surface area contributed by atoms with Crippen LogP contribution in [0.3, 0.4) is 0 Å². The highest BCUT2D eigenvalue weighted by Gasteiger charge is 2.32. The Morgan fingerprint density at radius 3 is 2.71 bits per heavy atom. The first kappa shape index (κ1) is 23.3. The number of nitrogens with zero attached hydrogens (tertiary/aromatic N) is 5. The lowest BCUT2D eigenvalue weighted by atomic mass is 10.1. The standard InChI is InChI=1S/C29H24N6O3/c1-33-16-20(14-31-33)11-12-21-17-35-18-24(29(37)34(2)25-10-6-9-23(21)26(25)35)32-27(36)28-30-15-22(38-28)13-19-7-4-3-5-8-19/h3-10,14-17,24H,13,18H2,1-2H3,(H,32,36)/t24-/m0/s1. The smallest absolute Gasteiger partial charge is 0.307 e. The Labute approximate surface area is 218 Å². The van der Waals surface area contributed by atoms with Gasteiger partial charge in [0.2, 0.25) is 0 Å². The van der Waals surface area contributed by atoms with Gasteiger partial charge in [0.25, 0.3) is 11.8 Å². The number of carbonyl (C=O) groups excluding carboxylic acids is 2. The Kier molecular flexibility index (Phi) is 5.77. The lowest BCUT2D eigenvalue weighted by Crippen LogP contribution is -2.48. The Hall–Kier alpha value is -5.10. The first-order valence-electron chi connectivity index (χ1n) is 12.2. The largest absolute Gasteiger partial charge is 0.437 e. The number of amides is 2. The number of nitrogens with one attached hydrogen (secondary N) is 1. The maximum atomic E-state index is 13.4. The van der Waals surface area contributed by atoms with E-state index < -0.39 is 11.9 Å². The minimum atomic E-state index is -0.820. The van der Waals surface area contributed by atoms with E-state index in [2.05, 4.69) is 27.2 Å². The molecule has 4 heterocycles. The van der Waals surface area contributed by atoms with Crippen LogP contribution >= 0.6 is 0 Å². The summed E-state index contributed by atoms with van der Waals surface area (Å²) in [6.07, 6.45) is 7.55. The number of likely N-dealkylation sites (N-methyl/N-ethyl adjacent to an activating group) is 1. The number of hydrogen-bond donors (Lipinski definition) is 1. The number of aryl methyl sites for hydroxylation is 1. The van der Waals surface area contributed by atoms with Crippen LogP contribution in [0, 0.1) is 11.8 Å². The third-order valence-electron chi connectivity index (χ3n) is 6.57. The van der Waals surface area contributed by atoms with Crippen molar-refractivity contribution in [2.24, 2.45) is 7.05 Å². The zero-order chi connectivity index (χ0) is 26.2. The zero-order valence-corrected chi connectivity index (χ0v) is 20.9. The van der Waals surface area contributed by atoms with E-state index in [1.54, 1.807) is 29.0 Å². The highest BCUT2D eigenvalue weighted by molar-refractivity contribution is 6.08. The van der Waals surface area contributed by atoms with E-state index in [1.165, 1.54) is 0 Å². The minimum Gasteiger partial charge on any atom is -0.437 e. The number of carbonyl (C=O) groups is 2. The molecular formula is C29H24N6O3. The van der Waals surface area contributed by atoms with E-state index in [1.807, 2.05) is 72.5 Å². The van der Waals surface area contributed by atoms with Crippen molar-refractivity contribution in [1.29, 1.82) is 0 Å². The molecule has 2 amide bonds. The number of hydrogen-bond acceptors (Lipinski definition) is 5. The van der Waals surface area contributed by atoms with Crippen LogP contribution in [0.1, 0.15) is 33.1 Å². The van der Waals surface area contributed by atoms with Crippen LogP contribution in [0.4, 0.5) is 5.69 Å². The van der Waals surface area contributed by atoms with Gasteiger partial charge < -0.3 is 19.2 Å². The van der Waals surface area contributed by atoms with Gasteiger partial charge in [-0.3, -0.25) is 14.3 Å². The molecule has 188 valence electrons. The molecule has 0 saturated carbocycles. The maximum Gasteiger partial charge on any atom is 0.307 e. The Bertz CT molecular complexity index is 1730. The second-order valence-corrected chi connectivity index (χ2v) is 9.24. The summed E-state index contributed by atoms with van der Waals surface area (Å²) in [7, 11) is 3.56. The Morgan fingerprint density at radius 2 is 1.92 bits per heavy atom. The summed E-state index contributed by atoms with van der Waals surface area (Å²) >= 11 is 0. The van der Waals surface area contributed by atoms with Gasteiger partial charge in [0.15, 0.2) is 0 Å². The average molecular weight is 505 g/mol. The quantitative estimate of drug-likeness (QED) is 0.379. The van der Waals surface area contributed by atoms with Crippen molar-refractivity contribution in [2.75, 3.05) is 11.9 Å². The summed E-state index contributed by atoms with van der Waals surface area (Å²) < 4.78 is 9.38. The molecule has 0 radical (unpaired) electrons. The van der Waals surface area contributed by atoms with E-state index in [0.29, 0.717) is 12.2 Å². The summed E-state index contributed by atoms with van der Waals surface area (Å²) in [5.74, 6) is 6.12. The number of benzene rings is 2. The summed E-state index contributed by atoms with van der Waals surface area (Å²) in [6, 6.07) is 14.8.